The molecule has 2 aromatic rings. The van der Waals surface area contributed by atoms with Crippen LogP contribution in [0.2, 0.25) is 0 Å². The summed E-state index contributed by atoms with van der Waals surface area (Å²) in [7, 11) is 0. The average molecular weight is 331 g/mol. The predicted molar refractivity (Wildman–Crippen MR) is 80.9 cm³/mol. The van der Waals surface area contributed by atoms with Crippen LogP contribution in [0, 0.1) is 6.92 Å². The van der Waals surface area contributed by atoms with E-state index < -0.39 is 0 Å². The van der Waals surface area contributed by atoms with Gasteiger partial charge in [-0.2, -0.15) is 0 Å². The van der Waals surface area contributed by atoms with Crippen LogP contribution in [-0.2, 0) is 0 Å². The smallest absolute Gasteiger partial charge is 0.266 e. The lowest BCUT2D eigenvalue weighted by Gasteiger charge is -2.17. The highest BCUT2D eigenvalue weighted by Crippen LogP contribution is 2.32. The van der Waals surface area contributed by atoms with Crippen molar-refractivity contribution in [2.45, 2.75) is 6.92 Å². The van der Waals surface area contributed by atoms with E-state index in [0.29, 0.717) is 22.5 Å². The normalized spacial score (nSPS) is 13.8. The first-order valence-electron chi connectivity index (χ1n) is 6.03. The lowest BCUT2D eigenvalue weighted by atomic mass is 10.1. The van der Waals surface area contributed by atoms with E-state index in [0.717, 1.165) is 10.0 Å². The van der Waals surface area contributed by atoms with Gasteiger partial charge in [0.25, 0.3) is 11.8 Å². The number of halogens is 1. The number of benzene rings is 2. The number of fused-ring (bicyclic) bond motifs is 1. The van der Waals surface area contributed by atoms with Crippen LogP contribution >= 0.6 is 15.9 Å². The number of carbonyl (C=O) groups is 2. The third-order valence-electron chi connectivity index (χ3n) is 3.32. The van der Waals surface area contributed by atoms with Crippen LogP contribution in [0.15, 0.2) is 40.9 Å². The van der Waals surface area contributed by atoms with E-state index in [1.54, 1.807) is 36.4 Å². The molecule has 100 valence electrons. The molecule has 1 heterocycles. The van der Waals surface area contributed by atoms with Gasteiger partial charge in [-0.25, -0.2) is 4.90 Å². The molecule has 0 atom stereocenters. The maximum absolute atomic E-state index is 12.5. The monoisotopic (exact) mass is 330 g/mol. The van der Waals surface area contributed by atoms with Crippen LogP contribution in [-0.4, -0.2) is 11.8 Å². The summed E-state index contributed by atoms with van der Waals surface area (Å²) in [4.78, 5) is 26.1. The Bertz CT molecular complexity index is 756. The number of nitrogens with zero attached hydrogens (tertiary/aromatic N) is 1. The maximum Gasteiger partial charge on any atom is 0.266 e. The second-order valence-electron chi connectivity index (χ2n) is 4.68. The van der Waals surface area contributed by atoms with Crippen molar-refractivity contribution in [2.24, 2.45) is 0 Å². The first kappa shape index (κ1) is 12.9. The van der Waals surface area contributed by atoms with Crippen LogP contribution in [0.3, 0.4) is 0 Å². The molecule has 3 rings (SSSR count). The Morgan fingerprint density at radius 3 is 2.45 bits per heavy atom. The van der Waals surface area contributed by atoms with Gasteiger partial charge in [0.1, 0.15) is 0 Å². The van der Waals surface area contributed by atoms with Gasteiger partial charge in [-0.05, 0) is 42.8 Å². The van der Waals surface area contributed by atoms with Gasteiger partial charge in [0.2, 0.25) is 0 Å². The van der Waals surface area contributed by atoms with E-state index >= 15 is 0 Å². The van der Waals surface area contributed by atoms with Crippen LogP contribution in [0.25, 0.3) is 0 Å². The Labute approximate surface area is 124 Å². The molecule has 4 nitrogen and oxygen atoms in total. The minimum Gasteiger partial charge on any atom is -0.399 e. The second-order valence-corrected chi connectivity index (χ2v) is 5.60. The van der Waals surface area contributed by atoms with Gasteiger partial charge in [-0.3, -0.25) is 9.59 Å². The molecule has 5 heteroatoms. The van der Waals surface area contributed by atoms with Crippen LogP contribution < -0.4 is 10.6 Å². The largest absolute Gasteiger partial charge is 0.399 e. The highest BCUT2D eigenvalue weighted by atomic mass is 79.9. The number of hydrogen-bond acceptors (Lipinski definition) is 3. The number of aryl methyl sites for hydroxylation is 1. The molecule has 20 heavy (non-hydrogen) atoms. The zero-order valence-corrected chi connectivity index (χ0v) is 12.3. The van der Waals surface area contributed by atoms with Gasteiger partial charge in [0.15, 0.2) is 0 Å². The van der Waals surface area contributed by atoms with E-state index in [4.69, 9.17) is 5.73 Å². The fraction of sp³-hybridized carbons (Fsp3) is 0.0667. The minimum atomic E-state index is -0.319. The Kier molecular flexibility index (Phi) is 2.87. The van der Waals surface area contributed by atoms with Crippen molar-refractivity contribution < 1.29 is 9.59 Å². The molecule has 0 unspecified atom stereocenters. The molecule has 0 fully saturated rings. The molecule has 0 radical (unpaired) electrons. The number of rotatable bonds is 1. The van der Waals surface area contributed by atoms with Crippen molar-refractivity contribution in [1.29, 1.82) is 0 Å². The van der Waals surface area contributed by atoms with Gasteiger partial charge in [-0.1, -0.05) is 22.0 Å². The van der Waals surface area contributed by atoms with Gasteiger partial charge < -0.3 is 5.73 Å². The third kappa shape index (κ3) is 1.82. The zero-order chi connectivity index (χ0) is 14.4. The first-order valence-corrected chi connectivity index (χ1v) is 6.83. The Morgan fingerprint density at radius 1 is 1.00 bits per heavy atom. The molecular weight excluding hydrogens is 320 g/mol. The SMILES string of the molecule is Cc1ccc(N)cc1N1C(=O)c2ccc(Br)cc2C1=O. The summed E-state index contributed by atoms with van der Waals surface area (Å²) in [6.45, 7) is 1.84. The number of anilines is 2. The fourth-order valence-electron chi connectivity index (χ4n) is 2.30. The number of nitrogens with two attached hydrogens (primary N) is 1. The molecule has 2 aromatic carbocycles. The highest BCUT2D eigenvalue weighted by molar-refractivity contribution is 9.10. The van der Waals surface area contributed by atoms with Crippen LogP contribution in [0.1, 0.15) is 26.3 Å². The van der Waals surface area contributed by atoms with E-state index in [2.05, 4.69) is 15.9 Å². The molecule has 2 amide bonds. The van der Waals surface area contributed by atoms with E-state index in [1.165, 1.54) is 4.90 Å². The van der Waals surface area contributed by atoms with E-state index in [1.807, 2.05) is 6.92 Å². The number of imide groups is 1. The summed E-state index contributed by atoms with van der Waals surface area (Å²) in [5.41, 5.74) is 8.46. The van der Waals surface area contributed by atoms with Crippen molar-refractivity contribution >= 4 is 39.1 Å². The number of carbonyl (C=O) groups excluding carboxylic acids is 2. The van der Waals surface area contributed by atoms with E-state index in [-0.39, 0.29) is 11.8 Å². The molecule has 0 saturated carbocycles. The van der Waals surface area contributed by atoms with Gasteiger partial charge in [0, 0.05) is 10.2 Å². The average Bonchev–Trinajstić information content (AvgIpc) is 2.65. The number of hydrogen-bond donors (Lipinski definition) is 1. The molecule has 0 aromatic heterocycles. The second kappa shape index (κ2) is 4.45. The summed E-state index contributed by atoms with van der Waals surface area (Å²) < 4.78 is 0.767. The third-order valence-corrected chi connectivity index (χ3v) is 3.82. The summed E-state index contributed by atoms with van der Waals surface area (Å²) in [6.07, 6.45) is 0. The molecule has 0 spiro atoms. The molecule has 0 bridgehead atoms. The quantitative estimate of drug-likeness (QED) is 0.645. The standard InChI is InChI=1S/C15H11BrN2O2/c1-8-2-4-10(17)7-13(8)18-14(19)11-5-3-9(16)6-12(11)15(18)20/h2-7H,17H2,1H3. The fourth-order valence-corrected chi connectivity index (χ4v) is 2.66. The molecule has 1 aliphatic heterocycles. The number of amides is 2. The lowest BCUT2D eigenvalue weighted by Crippen LogP contribution is -2.30. The van der Waals surface area contributed by atoms with Gasteiger partial charge in [-0.15, -0.1) is 0 Å². The minimum absolute atomic E-state index is 0.314. The summed E-state index contributed by atoms with van der Waals surface area (Å²) in [5, 5.41) is 0. The van der Waals surface area contributed by atoms with Crippen LogP contribution in [0.4, 0.5) is 11.4 Å². The van der Waals surface area contributed by atoms with Crippen LogP contribution in [0.5, 0.6) is 0 Å². The summed E-state index contributed by atoms with van der Waals surface area (Å²) in [6, 6.07) is 10.3. The molecular formula is C15H11BrN2O2. The Hall–Kier alpha value is -2.14. The Balaban J connectivity index is 2.16. The molecule has 2 N–H and O–H groups in total. The van der Waals surface area contributed by atoms with Crippen molar-refractivity contribution in [3.05, 3.63) is 57.6 Å². The van der Waals surface area contributed by atoms with Crippen molar-refractivity contribution in [3.8, 4) is 0 Å². The van der Waals surface area contributed by atoms with Crippen molar-refractivity contribution in [2.75, 3.05) is 10.6 Å². The van der Waals surface area contributed by atoms with Gasteiger partial charge >= 0.3 is 0 Å². The van der Waals surface area contributed by atoms with Gasteiger partial charge in [0.05, 0.1) is 16.8 Å². The first-order chi connectivity index (χ1) is 9.49. The zero-order valence-electron chi connectivity index (χ0n) is 10.7. The lowest BCUT2D eigenvalue weighted by molar-refractivity contribution is 0.0926. The summed E-state index contributed by atoms with van der Waals surface area (Å²) in [5.74, 6) is -0.633. The maximum atomic E-state index is 12.5. The molecule has 1 aliphatic rings. The topological polar surface area (TPSA) is 63.4 Å². The van der Waals surface area contributed by atoms with E-state index in [9.17, 15) is 9.59 Å². The summed E-state index contributed by atoms with van der Waals surface area (Å²) >= 11 is 3.31. The predicted octanol–water partition coefficient (Wildman–Crippen LogP) is 3.14. The molecule has 0 saturated heterocycles. The Morgan fingerprint density at radius 2 is 1.70 bits per heavy atom. The van der Waals surface area contributed by atoms with Crippen molar-refractivity contribution in [3.63, 3.8) is 0 Å². The number of nitrogen functional groups attached to an aromatic ring is 1. The highest BCUT2D eigenvalue weighted by Gasteiger charge is 2.37. The molecule has 0 aliphatic carbocycles. The van der Waals surface area contributed by atoms with Crippen molar-refractivity contribution in [1.82, 2.24) is 0 Å².